The van der Waals surface area contributed by atoms with Crippen LogP contribution in [-0.2, 0) is 13.6 Å². The molecule has 2 aromatic heterocycles. The normalized spacial score (nSPS) is 16.0. The van der Waals surface area contributed by atoms with E-state index in [0.29, 0.717) is 23.7 Å². The number of hydrogen-bond donors (Lipinski definition) is 1. The van der Waals surface area contributed by atoms with Gasteiger partial charge in [0, 0.05) is 39.8 Å². The van der Waals surface area contributed by atoms with Crippen LogP contribution in [-0.4, -0.2) is 57.2 Å². The lowest BCUT2D eigenvalue weighted by atomic mass is 10.3. The van der Waals surface area contributed by atoms with E-state index in [4.69, 9.17) is 5.26 Å². The number of nitrogens with one attached hydrogen (secondary N) is 1. The summed E-state index contributed by atoms with van der Waals surface area (Å²) >= 11 is 0. The Morgan fingerprint density at radius 1 is 1.22 bits per heavy atom. The molecule has 0 saturated carbocycles. The van der Waals surface area contributed by atoms with Crippen molar-refractivity contribution >= 4 is 17.1 Å². The highest BCUT2D eigenvalue weighted by molar-refractivity contribution is 5.74. The van der Waals surface area contributed by atoms with Gasteiger partial charge in [0.25, 0.3) is 5.56 Å². The average molecular weight is 317 g/mol. The van der Waals surface area contributed by atoms with Crippen molar-refractivity contribution < 1.29 is 0 Å². The van der Waals surface area contributed by atoms with Crippen LogP contribution in [0, 0.1) is 11.3 Å². The molecule has 9 heteroatoms. The Balaban J connectivity index is 2.18. The van der Waals surface area contributed by atoms with Crippen molar-refractivity contribution in [1.29, 1.82) is 5.26 Å². The second-order valence-electron chi connectivity index (χ2n) is 5.75. The maximum Gasteiger partial charge on any atom is 0.329 e. The molecule has 0 aliphatic carbocycles. The van der Waals surface area contributed by atoms with Crippen molar-refractivity contribution in [1.82, 2.24) is 24.0 Å². The van der Waals surface area contributed by atoms with Crippen LogP contribution < -0.4 is 16.1 Å². The first-order valence-corrected chi connectivity index (χ1v) is 7.53. The molecule has 23 heavy (non-hydrogen) atoms. The number of nitrogens with zero attached hydrogens (tertiary/aromatic N) is 6. The fraction of sp³-hybridized carbons (Fsp3) is 0.571. The number of aromatic nitrogens is 4. The number of nitriles is 1. The van der Waals surface area contributed by atoms with E-state index in [0.717, 1.165) is 26.2 Å². The number of aryl methyl sites for hydroxylation is 2. The van der Waals surface area contributed by atoms with E-state index in [1.54, 1.807) is 11.6 Å². The van der Waals surface area contributed by atoms with E-state index in [9.17, 15) is 9.59 Å². The monoisotopic (exact) mass is 317 g/mol. The number of piperazine rings is 1. The van der Waals surface area contributed by atoms with E-state index < -0.39 is 11.2 Å². The largest absolute Gasteiger partial charge is 0.340 e. The van der Waals surface area contributed by atoms with E-state index >= 15 is 0 Å². The second kappa shape index (κ2) is 5.89. The van der Waals surface area contributed by atoms with E-state index in [2.05, 4.69) is 32.9 Å². The minimum absolute atomic E-state index is 0.272. The minimum Gasteiger partial charge on any atom is -0.340 e. The van der Waals surface area contributed by atoms with E-state index in [-0.39, 0.29) is 6.42 Å². The highest BCUT2D eigenvalue weighted by Crippen LogP contribution is 2.21. The third-order valence-corrected chi connectivity index (χ3v) is 4.22. The minimum atomic E-state index is -0.489. The standard InChI is InChI=1S/C14H19N7O2/c1-18-6-8-20(9-7-18)13-16-11-10(21(13)5-3-4-15)12(22)17-14(23)19(11)2/h3,5-9H2,1-2H3,(H,17,22,23). The Morgan fingerprint density at radius 2 is 1.91 bits per heavy atom. The lowest BCUT2D eigenvalue weighted by molar-refractivity contribution is 0.310. The molecule has 2 aromatic rings. The topological polar surface area (TPSA) is 103 Å². The van der Waals surface area contributed by atoms with Crippen molar-refractivity contribution in [3.05, 3.63) is 20.8 Å². The molecule has 1 aliphatic heterocycles. The van der Waals surface area contributed by atoms with Crippen LogP contribution >= 0.6 is 0 Å². The number of rotatable bonds is 3. The van der Waals surface area contributed by atoms with Gasteiger partial charge in [-0.15, -0.1) is 0 Å². The summed E-state index contributed by atoms with van der Waals surface area (Å²) in [4.78, 5) is 35.2. The summed E-state index contributed by atoms with van der Waals surface area (Å²) in [6, 6.07) is 2.10. The number of likely N-dealkylation sites (N-methyl/N-ethyl adjacent to an activating group) is 1. The highest BCUT2D eigenvalue weighted by atomic mass is 16.2. The fourth-order valence-electron chi connectivity index (χ4n) is 2.84. The molecule has 0 bridgehead atoms. The number of H-pyrrole nitrogens is 1. The van der Waals surface area contributed by atoms with Crippen LogP contribution in [0.15, 0.2) is 9.59 Å². The van der Waals surface area contributed by atoms with Gasteiger partial charge in [0.2, 0.25) is 5.95 Å². The summed E-state index contributed by atoms with van der Waals surface area (Å²) in [5.41, 5.74) is -0.256. The van der Waals surface area contributed by atoms with Gasteiger partial charge in [-0.1, -0.05) is 0 Å². The third kappa shape index (κ3) is 2.61. The number of imidazole rings is 1. The number of fused-ring (bicyclic) bond motifs is 1. The highest BCUT2D eigenvalue weighted by Gasteiger charge is 2.23. The molecule has 0 spiro atoms. The van der Waals surface area contributed by atoms with E-state index in [1.165, 1.54) is 4.57 Å². The molecular weight excluding hydrogens is 298 g/mol. The molecule has 9 nitrogen and oxygen atoms in total. The van der Waals surface area contributed by atoms with Crippen molar-refractivity contribution in [3.63, 3.8) is 0 Å². The summed E-state index contributed by atoms with van der Waals surface area (Å²) in [6.07, 6.45) is 0.272. The van der Waals surface area contributed by atoms with Gasteiger partial charge in [0.1, 0.15) is 0 Å². The van der Waals surface area contributed by atoms with Crippen LogP contribution in [0.2, 0.25) is 0 Å². The van der Waals surface area contributed by atoms with Crippen LogP contribution in [0.1, 0.15) is 6.42 Å². The van der Waals surface area contributed by atoms with Gasteiger partial charge in [-0.05, 0) is 7.05 Å². The molecule has 3 heterocycles. The zero-order valence-corrected chi connectivity index (χ0v) is 13.2. The summed E-state index contributed by atoms with van der Waals surface area (Å²) < 4.78 is 3.08. The Labute approximate surface area is 132 Å². The molecule has 0 unspecified atom stereocenters. The van der Waals surface area contributed by atoms with Crippen molar-refractivity contribution in [2.45, 2.75) is 13.0 Å². The summed E-state index contributed by atoms with van der Waals surface area (Å²) in [5.74, 6) is 0.648. The van der Waals surface area contributed by atoms with Crippen LogP contribution in [0.5, 0.6) is 0 Å². The third-order valence-electron chi connectivity index (χ3n) is 4.22. The zero-order chi connectivity index (χ0) is 16.6. The molecule has 1 N–H and O–H groups in total. The molecule has 0 aromatic carbocycles. The Bertz CT molecular complexity index is 877. The predicted molar refractivity (Wildman–Crippen MR) is 85.5 cm³/mol. The van der Waals surface area contributed by atoms with Gasteiger partial charge in [0.05, 0.1) is 12.5 Å². The fourth-order valence-corrected chi connectivity index (χ4v) is 2.84. The molecule has 122 valence electrons. The zero-order valence-electron chi connectivity index (χ0n) is 13.2. The lowest BCUT2D eigenvalue weighted by Crippen LogP contribution is -2.45. The Hall–Kier alpha value is -2.60. The average Bonchev–Trinajstić information content (AvgIpc) is 2.91. The summed E-state index contributed by atoms with van der Waals surface area (Å²) in [7, 11) is 3.64. The summed E-state index contributed by atoms with van der Waals surface area (Å²) in [5, 5.41) is 8.90. The summed E-state index contributed by atoms with van der Waals surface area (Å²) in [6.45, 7) is 3.75. The molecule has 1 saturated heterocycles. The molecule has 1 aliphatic rings. The van der Waals surface area contributed by atoms with Gasteiger partial charge < -0.3 is 14.4 Å². The maximum atomic E-state index is 12.2. The number of aromatic amines is 1. The first kappa shape index (κ1) is 15.3. The van der Waals surface area contributed by atoms with Gasteiger partial charge >= 0.3 is 5.69 Å². The van der Waals surface area contributed by atoms with Crippen LogP contribution in [0.25, 0.3) is 11.2 Å². The molecular formula is C14H19N7O2. The predicted octanol–water partition coefficient (Wildman–Crippen LogP) is -0.911. The molecule has 3 rings (SSSR count). The van der Waals surface area contributed by atoms with Crippen LogP contribution in [0.3, 0.4) is 0 Å². The molecule has 0 amide bonds. The smallest absolute Gasteiger partial charge is 0.329 e. The van der Waals surface area contributed by atoms with Crippen molar-refractivity contribution in [2.24, 2.45) is 7.05 Å². The van der Waals surface area contributed by atoms with Crippen LogP contribution in [0.4, 0.5) is 5.95 Å². The SMILES string of the molecule is CN1CCN(c2nc3c(c(=O)[nH]c(=O)n3C)n2CCC#N)CC1. The number of hydrogen-bond acceptors (Lipinski definition) is 6. The lowest BCUT2D eigenvalue weighted by Gasteiger charge is -2.33. The van der Waals surface area contributed by atoms with E-state index in [1.807, 2.05) is 0 Å². The van der Waals surface area contributed by atoms with Gasteiger partial charge in [-0.2, -0.15) is 10.2 Å². The van der Waals surface area contributed by atoms with Crippen molar-refractivity contribution in [3.8, 4) is 6.07 Å². The second-order valence-corrected chi connectivity index (χ2v) is 5.75. The van der Waals surface area contributed by atoms with Gasteiger partial charge in [0.15, 0.2) is 11.2 Å². The first-order chi connectivity index (χ1) is 11.0. The number of anilines is 1. The van der Waals surface area contributed by atoms with Gasteiger partial charge in [-0.3, -0.25) is 14.3 Å². The maximum absolute atomic E-state index is 12.2. The van der Waals surface area contributed by atoms with Gasteiger partial charge in [-0.25, -0.2) is 4.79 Å². The Kier molecular flexibility index (Phi) is 3.92. The molecule has 0 atom stereocenters. The van der Waals surface area contributed by atoms with Crippen molar-refractivity contribution in [2.75, 3.05) is 38.1 Å². The quantitative estimate of drug-likeness (QED) is 0.786. The molecule has 0 radical (unpaired) electrons. The molecule has 1 fully saturated rings. The first-order valence-electron chi connectivity index (χ1n) is 7.53. The Morgan fingerprint density at radius 3 is 2.57 bits per heavy atom.